The number of pyridine rings is 1. The monoisotopic (exact) mass is 201 g/mol. The summed E-state index contributed by atoms with van der Waals surface area (Å²) in [7, 11) is 0. The van der Waals surface area contributed by atoms with Gasteiger partial charge < -0.3 is 5.11 Å². The molecular formula is C10H7N3O2. The molecule has 0 saturated carbocycles. The van der Waals surface area contributed by atoms with Crippen LogP contribution in [0.15, 0.2) is 36.9 Å². The van der Waals surface area contributed by atoms with E-state index in [0.29, 0.717) is 0 Å². The average molecular weight is 201 g/mol. The molecule has 0 bridgehead atoms. The first-order valence-electron chi connectivity index (χ1n) is 4.23. The molecule has 1 N–H and O–H groups in total. The van der Waals surface area contributed by atoms with Gasteiger partial charge in [-0.3, -0.25) is 4.98 Å². The molecule has 0 aromatic carbocycles. The van der Waals surface area contributed by atoms with Crippen molar-refractivity contribution in [3.8, 4) is 11.1 Å². The number of hydrogen-bond donors (Lipinski definition) is 1. The van der Waals surface area contributed by atoms with Gasteiger partial charge >= 0.3 is 5.97 Å². The highest BCUT2D eigenvalue weighted by Gasteiger charge is 2.06. The molecule has 2 rings (SSSR count). The molecule has 0 unspecified atom stereocenters. The lowest BCUT2D eigenvalue weighted by Crippen LogP contribution is -2.03. The molecule has 0 atom stereocenters. The molecule has 2 aromatic heterocycles. The maximum absolute atomic E-state index is 10.5. The fourth-order valence-corrected chi connectivity index (χ4v) is 1.12. The zero-order chi connectivity index (χ0) is 10.7. The number of carbonyl (C=O) groups is 1. The van der Waals surface area contributed by atoms with Gasteiger partial charge in [0.05, 0.1) is 0 Å². The highest BCUT2D eigenvalue weighted by atomic mass is 16.4. The van der Waals surface area contributed by atoms with Gasteiger partial charge in [0.15, 0.2) is 0 Å². The number of hydrogen-bond acceptors (Lipinski definition) is 4. The van der Waals surface area contributed by atoms with Crippen molar-refractivity contribution in [3.05, 3.63) is 42.7 Å². The predicted molar refractivity (Wildman–Crippen MR) is 52.2 cm³/mol. The van der Waals surface area contributed by atoms with E-state index in [-0.39, 0.29) is 5.82 Å². The molecule has 0 radical (unpaired) electrons. The average Bonchev–Trinajstić information content (AvgIpc) is 2.30. The van der Waals surface area contributed by atoms with E-state index in [2.05, 4.69) is 15.0 Å². The summed E-state index contributed by atoms with van der Waals surface area (Å²) < 4.78 is 0. The molecule has 0 fully saturated rings. The second-order valence-corrected chi connectivity index (χ2v) is 2.84. The minimum absolute atomic E-state index is 0.206. The topological polar surface area (TPSA) is 76.0 Å². The van der Waals surface area contributed by atoms with Gasteiger partial charge in [-0.1, -0.05) is 6.07 Å². The predicted octanol–water partition coefficient (Wildman–Crippen LogP) is 1.24. The van der Waals surface area contributed by atoms with Crippen molar-refractivity contribution in [2.75, 3.05) is 0 Å². The Kier molecular flexibility index (Phi) is 2.37. The van der Waals surface area contributed by atoms with Crippen LogP contribution in [0.1, 0.15) is 10.6 Å². The Morgan fingerprint density at radius 1 is 1.13 bits per heavy atom. The molecule has 0 aliphatic rings. The third-order valence-electron chi connectivity index (χ3n) is 1.84. The molecule has 0 saturated heterocycles. The Bertz CT molecular complexity index is 468. The van der Waals surface area contributed by atoms with E-state index in [0.717, 1.165) is 11.1 Å². The van der Waals surface area contributed by atoms with Gasteiger partial charge in [-0.2, -0.15) is 0 Å². The van der Waals surface area contributed by atoms with E-state index >= 15 is 0 Å². The Labute approximate surface area is 85.5 Å². The van der Waals surface area contributed by atoms with E-state index in [9.17, 15) is 4.79 Å². The van der Waals surface area contributed by atoms with Crippen LogP contribution in [0.4, 0.5) is 0 Å². The first kappa shape index (κ1) is 9.26. The third kappa shape index (κ3) is 1.96. The second kappa shape index (κ2) is 3.83. The summed E-state index contributed by atoms with van der Waals surface area (Å²) in [5.74, 6) is -1.34. The van der Waals surface area contributed by atoms with Crippen molar-refractivity contribution >= 4 is 5.97 Å². The Balaban J connectivity index is 2.36. The zero-order valence-electron chi connectivity index (χ0n) is 7.66. The van der Waals surface area contributed by atoms with Gasteiger partial charge in [0, 0.05) is 35.9 Å². The van der Waals surface area contributed by atoms with Gasteiger partial charge in [0.25, 0.3) is 0 Å². The van der Waals surface area contributed by atoms with Crippen molar-refractivity contribution in [1.29, 1.82) is 0 Å². The van der Waals surface area contributed by atoms with Crippen LogP contribution in [0.2, 0.25) is 0 Å². The molecule has 0 aliphatic heterocycles. The van der Waals surface area contributed by atoms with Crippen LogP contribution in [0.25, 0.3) is 11.1 Å². The molecule has 0 aliphatic carbocycles. The Morgan fingerprint density at radius 2 is 1.87 bits per heavy atom. The lowest BCUT2D eigenvalue weighted by molar-refractivity contribution is 0.0683. The first-order chi connectivity index (χ1) is 7.27. The Hall–Kier alpha value is -2.30. The minimum atomic E-state index is -1.13. The lowest BCUT2D eigenvalue weighted by Gasteiger charge is -1.99. The summed E-state index contributed by atoms with van der Waals surface area (Å²) in [6, 6.07) is 3.65. The molecule has 5 nitrogen and oxygen atoms in total. The van der Waals surface area contributed by atoms with Crippen molar-refractivity contribution in [2.45, 2.75) is 0 Å². The summed E-state index contributed by atoms with van der Waals surface area (Å²) in [4.78, 5) is 21.9. The standard InChI is InChI=1S/C10H7N3O2/c14-10(15)9-12-5-8(6-13-9)7-2-1-3-11-4-7/h1-6H,(H,14,15). The molecule has 15 heavy (non-hydrogen) atoms. The first-order valence-corrected chi connectivity index (χ1v) is 4.23. The number of nitrogens with zero attached hydrogens (tertiary/aromatic N) is 3. The van der Waals surface area contributed by atoms with Crippen LogP contribution in [0.3, 0.4) is 0 Å². The smallest absolute Gasteiger partial charge is 0.373 e. The molecule has 5 heteroatoms. The van der Waals surface area contributed by atoms with Crippen LogP contribution < -0.4 is 0 Å². The minimum Gasteiger partial charge on any atom is -0.475 e. The summed E-state index contributed by atoms with van der Waals surface area (Å²) in [6.07, 6.45) is 6.26. The fraction of sp³-hybridized carbons (Fsp3) is 0. The largest absolute Gasteiger partial charge is 0.475 e. The number of aromatic carboxylic acids is 1. The summed E-state index contributed by atoms with van der Waals surface area (Å²) in [5, 5.41) is 8.61. The zero-order valence-corrected chi connectivity index (χ0v) is 7.66. The molecule has 2 aromatic rings. The van der Waals surface area contributed by atoms with E-state index < -0.39 is 5.97 Å². The highest BCUT2D eigenvalue weighted by molar-refractivity contribution is 5.83. The fourth-order valence-electron chi connectivity index (χ4n) is 1.12. The van der Waals surface area contributed by atoms with E-state index in [1.165, 1.54) is 12.4 Å². The van der Waals surface area contributed by atoms with Crippen molar-refractivity contribution in [3.63, 3.8) is 0 Å². The lowest BCUT2D eigenvalue weighted by atomic mass is 10.2. The van der Waals surface area contributed by atoms with Gasteiger partial charge in [-0.15, -0.1) is 0 Å². The third-order valence-corrected chi connectivity index (χ3v) is 1.84. The highest BCUT2D eigenvalue weighted by Crippen LogP contribution is 2.14. The summed E-state index contributed by atoms with van der Waals surface area (Å²) >= 11 is 0. The van der Waals surface area contributed by atoms with E-state index in [1.54, 1.807) is 18.5 Å². The maximum Gasteiger partial charge on any atom is 0.373 e. The van der Waals surface area contributed by atoms with Crippen LogP contribution >= 0.6 is 0 Å². The van der Waals surface area contributed by atoms with E-state index in [4.69, 9.17) is 5.11 Å². The van der Waals surface area contributed by atoms with Gasteiger partial charge in [0.2, 0.25) is 5.82 Å². The second-order valence-electron chi connectivity index (χ2n) is 2.84. The molecule has 2 heterocycles. The van der Waals surface area contributed by atoms with Crippen LogP contribution in [-0.4, -0.2) is 26.0 Å². The summed E-state index contributed by atoms with van der Waals surface area (Å²) in [6.45, 7) is 0. The molecule has 0 amide bonds. The number of carboxylic acids is 1. The maximum atomic E-state index is 10.5. The number of carboxylic acid groups (broad SMARTS) is 1. The normalized spacial score (nSPS) is 9.87. The van der Waals surface area contributed by atoms with Crippen LogP contribution in [0, 0.1) is 0 Å². The molecular weight excluding hydrogens is 194 g/mol. The quantitative estimate of drug-likeness (QED) is 0.790. The SMILES string of the molecule is O=C(O)c1ncc(-c2cccnc2)cn1. The number of rotatable bonds is 2. The Morgan fingerprint density at radius 3 is 2.40 bits per heavy atom. The van der Waals surface area contributed by atoms with Crippen LogP contribution in [0.5, 0.6) is 0 Å². The van der Waals surface area contributed by atoms with Gasteiger partial charge in [0.1, 0.15) is 0 Å². The molecule has 0 spiro atoms. The van der Waals surface area contributed by atoms with Gasteiger partial charge in [-0.05, 0) is 6.07 Å². The number of aromatic nitrogens is 3. The van der Waals surface area contributed by atoms with Crippen LogP contribution in [-0.2, 0) is 0 Å². The van der Waals surface area contributed by atoms with Crippen molar-refractivity contribution < 1.29 is 9.90 Å². The molecule has 74 valence electrons. The van der Waals surface area contributed by atoms with E-state index in [1.807, 2.05) is 6.07 Å². The van der Waals surface area contributed by atoms with Crippen molar-refractivity contribution in [1.82, 2.24) is 15.0 Å². The van der Waals surface area contributed by atoms with Crippen molar-refractivity contribution in [2.24, 2.45) is 0 Å². The summed E-state index contributed by atoms with van der Waals surface area (Å²) in [5.41, 5.74) is 1.60. The van der Waals surface area contributed by atoms with Gasteiger partial charge in [-0.25, -0.2) is 14.8 Å².